The van der Waals surface area contributed by atoms with Crippen LogP contribution in [0.3, 0.4) is 0 Å². The number of oxime groups is 1. The fraction of sp³-hybridized carbons (Fsp3) is 0.238. The van der Waals surface area contributed by atoms with Gasteiger partial charge in [-0.2, -0.15) is 13.5 Å². The molecule has 0 fully saturated rings. The molecule has 0 bridgehead atoms. The van der Waals surface area contributed by atoms with Crippen molar-refractivity contribution in [2.75, 3.05) is 6.54 Å². The molecular formula is C21H22N8O6S2. The number of carbonyl (C=O) groups is 2. The van der Waals surface area contributed by atoms with Crippen molar-refractivity contribution in [3.05, 3.63) is 48.0 Å². The fourth-order valence-corrected chi connectivity index (χ4v) is 5.46. The Morgan fingerprint density at radius 1 is 1.19 bits per heavy atom. The Balaban J connectivity index is 1.31. The summed E-state index contributed by atoms with van der Waals surface area (Å²) in [7, 11) is -4.26. The summed E-state index contributed by atoms with van der Waals surface area (Å²) in [5.74, 6) is -2.05. The van der Waals surface area contributed by atoms with E-state index >= 15 is 0 Å². The van der Waals surface area contributed by atoms with Crippen LogP contribution in [-0.2, 0) is 24.4 Å². The molecule has 1 amide bonds. The predicted octanol–water partition coefficient (Wildman–Crippen LogP) is 0.0272. The summed E-state index contributed by atoms with van der Waals surface area (Å²) in [6.07, 6.45) is -0.334. The Hall–Kier alpha value is -4.15. The number of amides is 1. The number of aliphatic imine (C=N–C) groups is 1. The molecule has 3 aromatic rings. The summed E-state index contributed by atoms with van der Waals surface area (Å²) in [6, 6.07) is 9.69. The SMILES string of the molecule is NC(N)=Nc1ccc(C2=NO[C@@H](CC(=O)NC[C@H](NS(=O)(=O)c3cccc4nsnc34)C(=O)O)C2)cc1. The van der Waals surface area contributed by atoms with Crippen molar-refractivity contribution in [1.29, 1.82) is 0 Å². The van der Waals surface area contributed by atoms with Crippen LogP contribution in [0.4, 0.5) is 5.69 Å². The smallest absolute Gasteiger partial charge is 0.323 e. The van der Waals surface area contributed by atoms with Crippen molar-refractivity contribution in [2.45, 2.75) is 29.9 Å². The highest BCUT2D eigenvalue weighted by molar-refractivity contribution is 7.89. The zero-order chi connectivity index (χ0) is 26.6. The number of aliphatic carboxylic acids is 1. The molecule has 0 spiro atoms. The van der Waals surface area contributed by atoms with Crippen LogP contribution in [0.25, 0.3) is 11.0 Å². The van der Waals surface area contributed by atoms with Crippen molar-refractivity contribution < 1.29 is 28.0 Å². The number of guanidine groups is 1. The largest absolute Gasteiger partial charge is 0.480 e. The molecule has 1 aliphatic heterocycles. The second-order valence-corrected chi connectivity index (χ2v) is 10.2. The topological polar surface area (TPSA) is 224 Å². The predicted molar refractivity (Wildman–Crippen MR) is 135 cm³/mol. The average molecular weight is 547 g/mol. The summed E-state index contributed by atoms with van der Waals surface area (Å²) in [5.41, 5.74) is 13.2. The van der Waals surface area contributed by atoms with Crippen molar-refractivity contribution in [3.63, 3.8) is 0 Å². The molecule has 16 heteroatoms. The van der Waals surface area contributed by atoms with E-state index in [9.17, 15) is 23.1 Å². The van der Waals surface area contributed by atoms with Gasteiger partial charge in [0.25, 0.3) is 0 Å². The van der Waals surface area contributed by atoms with Crippen LogP contribution >= 0.6 is 11.7 Å². The summed E-state index contributed by atoms with van der Waals surface area (Å²) in [4.78, 5) is 33.2. The first-order valence-electron chi connectivity index (χ1n) is 10.8. The highest BCUT2D eigenvalue weighted by Gasteiger charge is 2.29. The quantitative estimate of drug-likeness (QED) is 0.169. The van der Waals surface area contributed by atoms with Gasteiger partial charge in [-0.25, -0.2) is 13.4 Å². The molecule has 0 saturated carbocycles. The zero-order valence-electron chi connectivity index (χ0n) is 19.1. The number of carbonyl (C=O) groups excluding carboxylic acids is 1. The molecular weight excluding hydrogens is 524 g/mol. The van der Waals surface area contributed by atoms with Crippen molar-refractivity contribution in [1.82, 2.24) is 18.8 Å². The number of rotatable bonds is 10. The highest BCUT2D eigenvalue weighted by Crippen LogP contribution is 2.22. The summed E-state index contributed by atoms with van der Waals surface area (Å²) >= 11 is 0.838. The van der Waals surface area contributed by atoms with Gasteiger partial charge in [0.2, 0.25) is 15.9 Å². The van der Waals surface area contributed by atoms with Crippen molar-refractivity contribution >= 4 is 62.0 Å². The van der Waals surface area contributed by atoms with E-state index in [1.165, 1.54) is 12.1 Å². The van der Waals surface area contributed by atoms with Gasteiger partial charge in [-0.05, 0) is 29.8 Å². The number of hydrogen-bond acceptors (Lipinski definition) is 10. The van der Waals surface area contributed by atoms with E-state index in [1.807, 2.05) is 0 Å². The van der Waals surface area contributed by atoms with Crippen LogP contribution in [0, 0.1) is 0 Å². The number of carboxylic acids is 1. The molecule has 0 unspecified atom stereocenters. The maximum Gasteiger partial charge on any atom is 0.323 e. The summed E-state index contributed by atoms with van der Waals surface area (Å²) < 4.78 is 35.7. The number of benzene rings is 2. The van der Waals surface area contributed by atoms with Crippen LogP contribution < -0.4 is 21.5 Å². The Morgan fingerprint density at radius 3 is 2.65 bits per heavy atom. The Kier molecular flexibility index (Phi) is 7.61. The molecule has 4 rings (SSSR count). The standard InChI is InChI=1S/C21H22N8O6S2/c22-21(23)25-12-6-4-11(5-7-12)15-8-13(35-26-15)9-18(30)24-10-16(20(31)32)29-37(33,34)17-3-1-2-14-19(17)28-36-27-14/h1-7,13,16,29H,8-10H2,(H,24,30)(H,31,32)(H4,22,23,25)/t13-,16+/m1/s1. The first kappa shape index (κ1) is 25.9. The van der Waals surface area contributed by atoms with E-state index < -0.39 is 40.6 Å². The Bertz CT molecular complexity index is 1480. The number of nitrogens with two attached hydrogens (primary N) is 2. The third-order valence-corrected chi connectivity index (χ3v) is 7.29. The normalized spacial score (nSPS) is 16.0. The number of nitrogens with one attached hydrogen (secondary N) is 2. The second-order valence-electron chi connectivity index (χ2n) is 7.96. The van der Waals surface area contributed by atoms with Crippen molar-refractivity contribution in [3.8, 4) is 0 Å². The molecule has 0 radical (unpaired) electrons. The lowest BCUT2D eigenvalue weighted by Crippen LogP contribution is -2.48. The van der Waals surface area contributed by atoms with E-state index in [2.05, 4.69) is 28.9 Å². The minimum Gasteiger partial charge on any atom is -0.480 e. The Labute approximate surface area is 214 Å². The van der Waals surface area contributed by atoms with Crippen LogP contribution in [-0.4, -0.2) is 64.5 Å². The minimum absolute atomic E-state index is 0.0626. The van der Waals surface area contributed by atoms with Gasteiger partial charge in [0.05, 0.1) is 29.5 Å². The molecule has 2 atom stereocenters. The molecule has 1 aliphatic rings. The lowest BCUT2D eigenvalue weighted by atomic mass is 10.0. The number of fused-ring (bicyclic) bond motifs is 1. The van der Waals surface area contributed by atoms with Gasteiger partial charge in [0.1, 0.15) is 28.1 Å². The molecule has 37 heavy (non-hydrogen) atoms. The van der Waals surface area contributed by atoms with Gasteiger partial charge in [0.15, 0.2) is 5.96 Å². The zero-order valence-corrected chi connectivity index (χ0v) is 20.7. The number of hydrogen-bond donors (Lipinski definition) is 5. The van der Waals surface area contributed by atoms with E-state index in [4.69, 9.17) is 16.3 Å². The van der Waals surface area contributed by atoms with Gasteiger partial charge in [-0.15, -0.1) is 0 Å². The monoisotopic (exact) mass is 546 g/mol. The average Bonchev–Trinajstić information content (AvgIpc) is 3.51. The van der Waals surface area contributed by atoms with E-state index in [0.717, 1.165) is 17.3 Å². The van der Waals surface area contributed by atoms with Gasteiger partial charge in [-0.1, -0.05) is 23.4 Å². The number of aromatic nitrogens is 2. The Morgan fingerprint density at radius 2 is 1.95 bits per heavy atom. The van der Waals surface area contributed by atoms with Crippen LogP contribution in [0.1, 0.15) is 18.4 Å². The van der Waals surface area contributed by atoms with E-state index in [1.54, 1.807) is 30.3 Å². The first-order valence-corrected chi connectivity index (χ1v) is 13.0. The minimum atomic E-state index is -4.26. The van der Waals surface area contributed by atoms with Gasteiger partial charge in [-0.3, -0.25) is 9.59 Å². The second kappa shape index (κ2) is 10.9. The van der Waals surface area contributed by atoms with Crippen LogP contribution in [0.15, 0.2) is 57.5 Å². The van der Waals surface area contributed by atoms with Gasteiger partial charge >= 0.3 is 5.97 Å². The maximum absolute atomic E-state index is 12.8. The molecule has 0 aliphatic carbocycles. The number of nitrogens with zero attached hydrogens (tertiary/aromatic N) is 4. The molecule has 2 heterocycles. The molecule has 194 valence electrons. The lowest BCUT2D eigenvalue weighted by Gasteiger charge is -2.16. The van der Waals surface area contributed by atoms with E-state index in [0.29, 0.717) is 23.3 Å². The number of carboxylic acid groups (broad SMARTS) is 1. The first-order chi connectivity index (χ1) is 17.6. The molecule has 2 aromatic carbocycles. The third kappa shape index (κ3) is 6.35. The van der Waals surface area contributed by atoms with Crippen LogP contribution in [0.2, 0.25) is 0 Å². The molecule has 1 aromatic heterocycles. The van der Waals surface area contributed by atoms with Gasteiger partial charge in [0, 0.05) is 13.0 Å². The van der Waals surface area contributed by atoms with E-state index in [-0.39, 0.29) is 22.8 Å². The maximum atomic E-state index is 12.8. The molecule has 7 N–H and O–H groups in total. The van der Waals surface area contributed by atoms with Crippen LogP contribution in [0.5, 0.6) is 0 Å². The highest BCUT2D eigenvalue weighted by atomic mass is 32.2. The fourth-order valence-electron chi connectivity index (χ4n) is 3.51. The summed E-state index contributed by atoms with van der Waals surface area (Å²) in [6.45, 7) is -0.481. The molecule has 0 saturated heterocycles. The summed E-state index contributed by atoms with van der Waals surface area (Å²) in [5, 5.41) is 16.0. The third-order valence-electron chi connectivity index (χ3n) is 5.24. The van der Waals surface area contributed by atoms with Crippen molar-refractivity contribution in [2.24, 2.45) is 21.6 Å². The lowest BCUT2D eigenvalue weighted by molar-refractivity contribution is -0.138. The van der Waals surface area contributed by atoms with Gasteiger partial charge < -0.3 is 26.7 Å². The molecule has 14 nitrogen and oxygen atoms in total. The number of sulfonamides is 1.